The van der Waals surface area contributed by atoms with Crippen molar-refractivity contribution in [2.45, 2.75) is 64.7 Å². The second kappa shape index (κ2) is 8.30. The molecule has 0 spiro atoms. The fraction of sp³-hybridized carbons (Fsp3) is 0.737. The van der Waals surface area contributed by atoms with Gasteiger partial charge < -0.3 is 0 Å². The molecule has 0 aromatic carbocycles. The van der Waals surface area contributed by atoms with Gasteiger partial charge in [0.1, 0.15) is 0 Å². The first-order valence-electron chi connectivity index (χ1n) is 8.56. The number of hydrogen-bond acceptors (Lipinski definition) is 1. The zero-order chi connectivity index (χ0) is 14.2. The van der Waals surface area contributed by atoms with E-state index in [1.54, 1.807) is 6.08 Å². The Morgan fingerprint density at radius 1 is 0.800 bits per heavy atom. The van der Waals surface area contributed by atoms with E-state index < -0.39 is 0 Å². The van der Waals surface area contributed by atoms with Crippen molar-refractivity contribution >= 4 is 0 Å². The van der Waals surface area contributed by atoms with Gasteiger partial charge in [0.15, 0.2) is 0 Å². The van der Waals surface area contributed by atoms with Crippen molar-refractivity contribution in [2.24, 2.45) is 23.7 Å². The fourth-order valence-corrected chi connectivity index (χ4v) is 3.81. The van der Waals surface area contributed by atoms with Crippen molar-refractivity contribution in [2.75, 3.05) is 0 Å². The summed E-state index contributed by atoms with van der Waals surface area (Å²) in [5.41, 5.74) is 0. The van der Waals surface area contributed by atoms with Gasteiger partial charge in [-0.1, -0.05) is 31.6 Å². The van der Waals surface area contributed by atoms with Gasteiger partial charge >= 0.3 is 0 Å². The highest BCUT2D eigenvalue weighted by molar-refractivity contribution is 5.05. The summed E-state index contributed by atoms with van der Waals surface area (Å²) in [4.78, 5) is 0. The molecule has 2 rings (SSSR count). The third-order valence-corrected chi connectivity index (χ3v) is 5.38. The number of rotatable bonds is 4. The molecule has 0 amide bonds. The van der Waals surface area contributed by atoms with Crippen LogP contribution in [0.4, 0.5) is 0 Å². The lowest BCUT2D eigenvalue weighted by atomic mass is 9.78. The van der Waals surface area contributed by atoms with Gasteiger partial charge in [-0.15, -0.1) is 0 Å². The van der Waals surface area contributed by atoms with Crippen LogP contribution >= 0.6 is 0 Å². The van der Waals surface area contributed by atoms with Gasteiger partial charge in [0.2, 0.25) is 0 Å². The monoisotopic (exact) mass is 271 g/mol. The van der Waals surface area contributed by atoms with Crippen LogP contribution in [0.15, 0.2) is 24.3 Å². The van der Waals surface area contributed by atoms with Crippen LogP contribution in [0.5, 0.6) is 0 Å². The molecule has 0 bridgehead atoms. The van der Waals surface area contributed by atoms with Crippen LogP contribution in [0.3, 0.4) is 0 Å². The van der Waals surface area contributed by atoms with E-state index in [1.165, 1.54) is 57.8 Å². The zero-order valence-electron chi connectivity index (χ0n) is 12.9. The number of allylic oxidation sites excluding steroid dienone is 4. The smallest absolute Gasteiger partial charge is 0.0908 e. The maximum atomic E-state index is 8.57. The lowest BCUT2D eigenvalue weighted by Crippen LogP contribution is -2.14. The van der Waals surface area contributed by atoms with E-state index in [2.05, 4.69) is 31.2 Å². The minimum atomic E-state index is 0.652. The van der Waals surface area contributed by atoms with E-state index in [1.807, 2.05) is 0 Å². The molecular weight excluding hydrogens is 242 g/mol. The molecule has 110 valence electrons. The third kappa shape index (κ3) is 4.82. The molecule has 1 heteroatoms. The molecule has 2 fully saturated rings. The summed E-state index contributed by atoms with van der Waals surface area (Å²) in [7, 11) is 0. The second-order valence-electron chi connectivity index (χ2n) is 6.74. The van der Waals surface area contributed by atoms with Gasteiger partial charge in [0, 0.05) is 6.08 Å². The van der Waals surface area contributed by atoms with Gasteiger partial charge in [-0.05, 0) is 75.0 Å². The summed E-state index contributed by atoms with van der Waals surface area (Å²) in [5.74, 6) is 3.31. The van der Waals surface area contributed by atoms with Crippen molar-refractivity contribution in [3.8, 4) is 6.07 Å². The normalized spacial score (nSPS) is 35.4. The molecule has 0 N–H and O–H groups in total. The molecule has 0 atom stereocenters. The molecule has 0 heterocycles. The van der Waals surface area contributed by atoms with Crippen LogP contribution in [-0.4, -0.2) is 0 Å². The maximum absolute atomic E-state index is 8.57. The van der Waals surface area contributed by atoms with Crippen molar-refractivity contribution in [1.82, 2.24) is 0 Å². The highest BCUT2D eigenvalue weighted by atomic mass is 14.3. The summed E-state index contributed by atoms with van der Waals surface area (Å²) >= 11 is 0. The van der Waals surface area contributed by atoms with E-state index in [9.17, 15) is 0 Å². The Bertz CT molecular complexity index is 358. The molecule has 0 saturated heterocycles. The fourth-order valence-electron chi connectivity index (χ4n) is 3.81. The molecular formula is C19H29N. The van der Waals surface area contributed by atoms with E-state index >= 15 is 0 Å². The first-order chi connectivity index (χ1) is 9.81. The maximum Gasteiger partial charge on any atom is 0.0908 e. The first kappa shape index (κ1) is 15.4. The summed E-state index contributed by atoms with van der Waals surface area (Å²) in [6.45, 7) is 2.33. The van der Waals surface area contributed by atoms with Crippen LogP contribution in [0.25, 0.3) is 0 Å². The van der Waals surface area contributed by atoms with Gasteiger partial charge in [0.05, 0.1) is 6.07 Å². The van der Waals surface area contributed by atoms with E-state index in [0.29, 0.717) is 5.92 Å². The van der Waals surface area contributed by atoms with Crippen LogP contribution in [0.1, 0.15) is 64.7 Å². The lowest BCUT2D eigenvalue weighted by molar-refractivity contribution is 0.301. The Morgan fingerprint density at radius 3 is 1.70 bits per heavy atom. The second-order valence-corrected chi connectivity index (χ2v) is 6.74. The Hall–Kier alpha value is -1.03. The number of nitriles is 1. The Morgan fingerprint density at radius 2 is 1.25 bits per heavy atom. The zero-order valence-corrected chi connectivity index (χ0v) is 12.9. The number of hydrogen-bond donors (Lipinski definition) is 0. The van der Waals surface area contributed by atoms with Gasteiger partial charge in [0.25, 0.3) is 0 Å². The van der Waals surface area contributed by atoms with E-state index in [-0.39, 0.29) is 0 Å². The van der Waals surface area contributed by atoms with Crippen LogP contribution in [-0.2, 0) is 0 Å². The van der Waals surface area contributed by atoms with E-state index in [0.717, 1.165) is 17.8 Å². The SMILES string of the molecule is CCC1CCC(C=CC2CCC(C=CC#N)CC2)CC1. The first-order valence-corrected chi connectivity index (χ1v) is 8.56. The molecule has 0 aromatic rings. The minimum absolute atomic E-state index is 0.652. The third-order valence-electron chi connectivity index (χ3n) is 5.38. The van der Waals surface area contributed by atoms with Crippen LogP contribution < -0.4 is 0 Å². The molecule has 2 saturated carbocycles. The standard InChI is InChI=1S/C19H29N/c1-2-16-5-7-18(8-6-16)13-14-19-11-9-17(10-12-19)4-3-15-20/h3-4,13-14,16-19H,2,5-12H2,1H3. The summed E-state index contributed by atoms with van der Waals surface area (Å²) in [6.07, 6.45) is 21.0. The van der Waals surface area contributed by atoms with Crippen LogP contribution in [0.2, 0.25) is 0 Å². The molecule has 0 unspecified atom stereocenters. The lowest BCUT2D eigenvalue weighted by Gasteiger charge is -2.27. The van der Waals surface area contributed by atoms with E-state index in [4.69, 9.17) is 5.26 Å². The van der Waals surface area contributed by atoms with Crippen molar-refractivity contribution in [3.63, 3.8) is 0 Å². The minimum Gasteiger partial charge on any atom is -0.193 e. The van der Waals surface area contributed by atoms with Gasteiger partial charge in [-0.3, -0.25) is 0 Å². The Balaban J connectivity index is 1.69. The molecule has 2 aliphatic carbocycles. The summed E-state index contributed by atoms with van der Waals surface area (Å²) < 4.78 is 0. The molecule has 1 nitrogen and oxygen atoms in total. The Kier molecular flexibility index (Phi) is 6.37. The summed E-state index contributed by atoms with van der Waals surface area (Å²) in [5, 5.41) is 8.57. The van der Waals surface area contributed by atoms with Crippen molar-refractivity contribution in [1.29, 1.82) is 5.26 Å². The van der Waals surface area contributed by atoms with Crippen LogP contribution in [0, 0.1) is 35.0 Å². The van der Waals surface area contributed by atoms with Gasteiger partial charge in [-0.25, -0.2) is 0 Å². The van der Waals surface area contributed by atoms with Gasteiger partial charge in [-0.2, -0.15) is 5.26 Å². The highest BCUT2D eigenvalue weighted by Gasteiger charge is 2.20. The van der Waals surface area contributed by atoms with Crippen molar-refractivity contribution in [3.05, 3.63) is 24.3 Å². The molecule has 2 aliphatic rings. The molecule has 0 radical (unpaired) electrons. The summed E-state index contributed by atoms with van der Waals surface area (Å²) in [6, 6.07) is 2.11. The largest absolute Gasteiger partial charge is 0.193 e. The molecule has 0 aromatic heterocycles. The average molecular weight is 271 g/mol. The topological polar surface area (TPSA) is 23.8 Å². The average Bonchev–Trinajstić information content (AvgIpc) is 2.52. The molecule has 0 aliphatic heterocycles. The quantitative estimate of drug-likeness (QED) is 0.479. The predicted molar refractivity (Wildman–Crippen MR) is 85.1 cm³/mol. The Labute approximate surface area is 124 Å². The van der Waals surface area contributed by atoms with Crippen molar-refractivity contribution < 1.29 is 0 Å². The highest BCUT2D eigenvalue weighted by Crippen LogP contribution is 2.34. The number of nitrogens with zero attached hydrogens (tertiary/aromatic N) is 1. The predicted octanol–water partition coefficient (Wildman–Crippen LogP) is 5.65. The molecule has 20 heavy (non-hydrogen) atoms.